The Labute approximate surface area is 225 Å². The largest absolute Gasteiger partial charge is 0.483 e. The van der Waals surface area contributed by atoms with Crippen LogP contribution in [0.5, 0.6) is 5.75 Å². The van der Waals surface area contributed by atoms with Gasteiger partial charge in [0, 0.05) is 18.2 Å². The summed E-state index contributed by atoms with van der Waals surface area (Å²) in [5.74, 6) is -0.00705. The fourth-order valence-corrected chi connectivity index (χ4v) is 4.68. The first-order chi connectivity index (χ1) is 18.7. The second-order valence-corrected chi connectivity index (χ2v) is 9.59. The third-order valence-electron chi connectivity index (χ3n) is 6.33. The van der Waals surface area contributed by atoms with Crippen LogP contribution in [0.25, 0.3) is 45.0 Å². The molecule has 0 aliphatic heterocycles. The van der Waals surface area contributed by atoms with E-state index in [1.807, 2.05) is 33.0 Å². The minimum absolute atomic E-state index is 0.0695. The highest BCUT2D eigenvalue weighted by Crippen LogP contribution is 2.35. The van der Waals surface area contributed by atoms with E-state index in [1.54, 1.807) is 42.1 Å². The molecule has 0 spiro atoms. The number of aromatic nitrogens is 6. The number of hydrogen-bond acceptors (Lipinski definition) is 9. The Morgan fingerprint density at radius 1 is 1.08 bits per heavy atom. The standard InChI is InChI=1S/C27H21ClN6O5/c1-12-9-15(14(3)37-20-7-8-21(28)30-22(20)26-31-27(36)39-33-26)25-16(10-12)23(35)13(2)24(38-25)18-6-5-17-19(29-18)11-34(4)32-17/h5-11,14H,1-4H3,(H,31,33,36)/t14-/m1/s1. The zero-order chi connectivity index (χ0) is 27.4. The van der Waals surface area contributed by atoms with Gasteiger partial charge in [-0.1, -0.05) is 16.8 Å². The van der Waals surface area contributed by atoms with E-state index in [4.69, 9.17) is 20.8 Å². The maximum atomic E-state index is 13.5. The van der Waals surface area contributed by atoms with Gasteiger partial charge >= 0.3 is 5.76 Å². The lowest BCUT2D eigenvalue weighted by atomic mass is 10.0. The van der Waals surface area contributed by atoms with Gasteiger partial charge in [-0.05, 0) is 62.7 Å². The molecule has 6 aromatic rings. The number of rotatable bonds is 5. The predicted molar refractivity (Wildman–Crippen MR) is 144 cm³/mol. The summed E-state index contributed by atoms with van der Waals surface area (Å²) >= 11 is 6.09. The van der Waals surface area contributed by atoms with E-state index < -0.39 is 11.9 Å². The maximum absolute atomic E-state index is 13.5. The fraction of sp³-hybridized carbons (Fsp3) is 0.185. The van der Waals surface area contributed by atoms with Crippen LogP contribution in [-0.2, 0) is 7.05 Å². The molecule has 196 valence electrons. The van der Waals surface area contributed by atoms with Crippen LogP contribution in [-0.4, -0.2) is 29.9 Å². The number of hydrogen-bond donors (Lipinski definition) is 1. The van der Waals surface area contributed by atoms with Crippen molar-refractivity contribution in [3.63, 3.8) is 0 Å². The minimum Gasteiger partial charge on any atom is -0.483 e. The molecule has 0 aliphatic rings. The van der Waals surface area contributed by atoms with Crippen molar-refractivity contribution in [2.75, 3.05) is 0 Å². The van der Waals surface area contributed by atoms with Crippen LogP contribution in [0.2, 0.25) is 5.15 Å². The predicted octanol–water partition coefficient (Wildman–Crippen LogP) is 4.89. The van der Waals surface area contributed by atoms with Crippen molar-refractivity contribution >= 4 is 33.6 Å². The van der Waals surface area contributed by atoms with Gasteiger partial charge in [0.25, 0.3) is 0 Å². The topological polar surface area (TPSA) is 142 Å². The Hall–Kier alpha value is -4.77. The number of benzene rings is 1. The van der Waals surface area contributed by atoms with Crippen LogP contribution in [0, 0.1) is 13.8 Å². The molecule has 0 unspecified atom stereocenters. The van der Waals surface area contributed by atoms with E-state index in [0.717, 1.165) is 11.1 Å². The van der Waals surface area contributed by atoms with E-state index >= 15 is 0 Å². The number of aryl methyl sites for hydroxylation is 2. The molecule has 1 atom stereocenters. The van der Waals surface area contributed by atoms with E-state index in [9.17, 15) is 9.59 Å². The maximum Gasteiger partial charge on any atom is 0.439 e. The molecule has 6 rings (SSSR count). The summed E-state index contributed by atoms with van der Waals surface area (Å²) in [6.07, 6.45) is 1.19. The first-order valence-electron chi connectivity index (χ1n) is 12.0. The van der Waals surface area contributed by atoms with Crippen LogP contribution in [0.3, 0.4) is 0 Å². The molecule has 5 aromatic heterocycles. The summed E-state index contributed by atoms with van der Waals surface area (Å²) in [7, 11) is 1.82. The quantitative estimate of drug-likeness (QED) is 0.300. The molecule has 39 heavy (non-hydrogen) atoms. The molecule has 1 N–H and O–H groups in total. The van der Waals surface area contributed by atoms with E-state index in [0.29, 0.717) is 44.8 Å². The van der Waals surface area contributed by atoms with Crippen molar-refractivity contribution in [2.45, 2.75) is 26.9 Å². The summed E-state index contributed by atoms with van der Waals surface area (Å²) in [6.45, 7) is 5.44. The number of nitrogens with zero attached hydrogens (tertiary/aromatic N) is 5. The molecular formula is C27H21ClN6O5. The van der Waals surface area contributed by atoms with Gasteiger partial charge in [-0.3, -0.25) is 19.0 Å². The first kappa shape index (κ1) is 24.6. The number of pyridine rings is 2. The molecule has 0 fully saturated rings. The fourth-order valence-electron chi connectivity index (χ4n) is 4.54. The SMILES string of the molecule is Cc1cc([C@@H](C)Oc2ccc(Cl)nc2-c2noc(=O)[nH]2)c2oc(-c3ccc4nn(C)cc4n3)c(C)c(=O)c2c1. The van der Waals surface area contributed by atoms with Gasteiger partial charge in [-0.15, -0.1) is 0 Å². The number of nitrogens with one attached hydrogen (secondary N) is 1. The molecule has 12 heteroatoms. The van der Waals surface area contributed by atoms with E-state index in [-0.39, 0.29) is 22.1 Å². The van der Waals surface area contributed by atoms with Crippen molar-refractivity contribution in [3.8, 4) is 28.7 Å². The molecule has 0 saturated heterocycles. The van der Waals surface area contributed by atoms with Crippen molar-refractivity contribution in [3.05, 3.63) is 85.2 Å². The molecule has 0 amide bonds. The van der Waals surface area contributed by atoms with Crippen LogP contribution in [0.15, 0.2) is 61.1 Å². The van der Waals surface area contributed by atoms with Crippen LogP contribution in [0.4, 0.5) is 0 Å². The number of halogens is 1. The number of aromatic amines is 1. The lowest BCUT2D eigenvalue weighted by molar-refractivity contribution is 0.227. The van der Waals surface area contributed by atoms with Crippen molar-refractivity contribution in [1.29, 1.82) is 0 Å². The smallest absolute Gasteiger partial charge is 0.439 e. The van der Waals surface area contributed by atoms with Gasteiger partial charge in [0.05, 0.1) is 11.6 Å². The van der Waals surface area contributed by atoms with E-state index in [1.165, 1.54) is 0 Å². The van der Waals surface area contributed by atoms with Crippen molar-refractivity contribution in [1.82, 2.24) is 29.9 Å². The number of fused-ring (bicyclic) bond motifs is 2. The number of H-pyrrole nitrogens is 1. The first-order valence-corrected chi connectivity index (χ1v) is 12.3. The van der Waals surface area contributed by atoms with Gasteiger partial charge in [0.15, 0.2) is 16.9 Å². The number of ether oxygens (including phenoxy) is 1. The van der Waals surface area contributed by atoms with Crippen LogP contribution >= 0.6 is 11.6 Å². The van der Waals surface area contributed by atoms with Gasteiger partial charge in [-0.2, -0.15) is 5.10 Å². The van der Waals surface area contributed by atoms with E-state index in [2.05, 4.69) is 29.7 Å². The van der Waals surface area contributed by atoms with Crippen LogP contribution in [0.1, 0.15) is 29.7 Å². The summed E-state index contributed by atoms with van der Waals surface area (Å²) in [5.41, 5.74) is 4.30. The zero-order valence-corrected chi connectivity index (χ0v) is 22.0. The normalized spacial score (nSPS) is 12.3. The summed E-state index contributed by atoms with van der Waals surface area (Å²) in [5, 5.41) is 8.68. The van der Waals surface area contributed by atoms with Crippen molar-refractivity contribution < 1.29 is 13.7 Å². The minimum atomic E-state index is -0.738. The Morgan fingerprint density at radius 3 is 2.67 bits per heavy atom. The lowest BCUT2D eigenvalue weighted by Crippen LogP contribution is -2.12. The average molecular weight is 545 g/mol. The molecule has 1 aromatic carbocycles. The van der Waals surface area contributed by atoms with Gasteiger partial charge in [0.1, 0.15) is 39.3 Å². The Bertz CT molecular complexity index is 2020. The average Bonchev–Trinajstić information content (AvgIpc) is 3.50. The molecule has 0 saturated carbocycles. The second kappa shape index (κ2) is 9.21. The highest BCUT2D eigenvalue weighted by Gasteiger charge is 2.23. The molecule has 0 aliphatic carbocycles. The van der Waals surface area contributed by atoms with Gasteiger partial charge in [0.2, 0.25) is 5.82 Å². The Balaban J connectivity index is 1.49. The van der Waals surface area contributed by atoms with Gasteiger partial charge < -0.3 is 9.15 Å². The third-order valence-corrected chi connectivity index (χ3v) is 6.54. The lowest BCUT2D eigenvalue weighted by Gasteiger charge is -2.19. The molecule has 11 nitrogen and oxygen atoms in total. The third kappa shape index (κ3) is 4.36. The molecule has 0 radical (unpaired) electrons. The molecule has 0 bridgehead atoms. The summed E-state index contributed by atoms with van der Waals surface area (Å²) in [6, 6.07) is 10.5. The Morgan fingerprint density at radius 2 is 1.90 bits per heavy atom. The highest BCUT2D eigenvalue weighted by molar-refractivity contribution is 6.29. The molecule has 5 heterocycles. The van der Waals surface area contributed by atoms with Gasteiger partial charge in [-0.25, -0.2) is 14.8 Å². The summed E-state index contributed by atoms with van der Waals surface area (Å²) < 4.78 is 19.0. The second-order valence-electron chi connectivity index (χ2n) is 9.20. The van der Waals surface area contributed by atoms with Crippen molar-refractivity contribution in [2.24, 2.45) is 7.05 Å². The monoisotopic (exact) mass is 544 g/mol. The van der Waals surface area contributed by atoms with Crippen LogP contribution < -0.4 is 15.9 Å². The zero-order valence-electron chi connectivity index (χ0n) is 21.3. The highest BCUT2D eigenvalue weighted by atomic mass is 35.5. The Kier molecular flexibility index (Phi) is 5.80. The summed E-state index contributed by atoms with van der Waals surface area (Å²) in [4.78, 5) is 36.4. The molecular weight excluding hydrogens is 524 g/mol.